The average Bonchev–Trinajstić information content (AvgIpc) is 2.25. The third-order valence-electron chi connectivity index (χ3n) is 2.13. The van der Waals surface area contributed by atoms with Crippen LogP contribution in [0.4, 0.5) is 10.1 Å². The van der Waals surface area contributed by atoms with Crippen molar-refractivity contribution in [1.82, 2.24) is 4.90 Å². The molecule has 1 aromatic carbocycles. The van der Waals surface area contributed by atoms with Crippen LogP contribution in [-0.4, -0.2) is 37.1 Å². The highest BCUT2D eigenvalue weighted by molar-refractivity contribution is 5.37. The largest absolute Gasteiger partial charge is 0.490 e. The van der Waals surface area contributed by atoms with E-state index in [1.807, 2.05) is 19.0 Å². The number of nitrogens with zero attached hydrogens (tertiary/aromatic N) is 2. The fraction of sp³-hybridized carbons (Fsp3) is 0.455. The van der Waals surface area contributed by atoms with Gasteiger partial charge in [0.2, 0.25) is 0 Å². The minimum Gasteiger partial charge on any atom is -0.490 e. The number of hydrogen-bond acceptors (Lipinski definition) is 4. The van der Waals surface area contributed by atoms with Gasteiger partial charge in [0.25, 0.3) is 5.69 Å². The van der Waals surface area contributed by atoms with Crippen LogP contribution in [0.2, 0.25) is 0 Å². The average molecular weight is 242 g/mol. The SMILES string of the molecule is CN(C)CCCOc1ccc([N+](=O)[O-])cc1F. The summed E-state index contributed by atoms with van der Waals surface area (Å²) in [4.78, 5) is 11.7. The summed E-state index contributed by atoms with van der Waals surface area (Å²) in [5.41, 5.74) is -0.275. The summed E-state index contributed by atoms with van der Waals surface area (Å²) in [6.45, 7) is 1.22. The molecule has 0 aromatic heterocycles. The molecule has 0 saturated heterocycles. The Kier molecular flexibility index (Phi) is 4.84. The van der Waals surface area contributed by atoms with Crippen molar-refractivity contribution in [2.75, 3.05) is 27.2 Å². The first-order valence-corrected chi connectivity index (χ1v) is 5.22. The van der Waals surface area contributed by atoms with Crippen LogP contribution in [0, 0.1) is 15.9 Å². The van der Waals surface area contributed by atoms with Crippen molar-refractivity contribution >= 4 is 5.69 Å². The molecule has 0 aliphatic carbocycles. The normalized spacial score (nSPS) is 10.6. The first-order chi connectivity index (χ1) is 8.00. The van der Waals surface area contributed by atoms with Gasteiger partial charge in [-0.2, -0.15) is 0 Å². The fourth-order valence-corrected chi connectivity index (χ4v) is 1.28. The number of nitro benzene ring substituents is 1. The predicted octanol–water partition coefficient (Wildman–Crippen LogP) is 2.06. The molecule has 1 rings (SSSR count). The van der Waals surface area contributed by atoms with Gasteiger partial charge in [-0.1, -0.05) is 0 Å². The topological polar surface area (TPSA) is 55.6 Å². The van der Waals surface area contributed by atoms with Gasteiger partial charge in [-0.25, -0.2) is 4.39 Å². The summed E-state index contributed by atoms with van der Waals surface area (Å²) in [7, 11) is 3.87. The molecule has 0 atom stereocenters. The van der Waals surface area contributed by atoms with Gasteiger partial charge in [0.15, 0.2) is 11.6 Å². The second kappa shape index (κ2) is 6.15. The van der Waals surface area contributed by atoms with E-state index in [2.05, 4.69) is 0 Å². The minimum atomic E-state index is -0.705. The van der Waals surface area contributed by atoms with E-state index in [0.717, 1.165) is 19.0 Å². The molecule has 6 heteroatoms. The van der Waals surface area contributed by atoms with Crippen molar-refractivity contribution in [3.63, 3.8) is 0 Å². The van der Waals surface area contributed by atoms with Crippen LogP contribution in [-0.2, 0) is 0 Å². The summed E-state index contributed by atoms with van der Waals surface area (Å²) in [6.07, 6.45) is 0.767. The molecule has 0 aliphatic rings. The van der Waals surface area contributed by atoms with E-state index in [-0.39, 0.29) is 11.4 Å². The minimum absolute atomic E-state index is 0.0503. The van der Waals surface area contributed by atoms with Crippen LogP contribution in [0.5, 0.6) is 5.75 Å². The summed E-state index contributed by atoms with van der Waals surface area (Å²) < 4.78 is 18.6. The summed E-state index contributed by atoms with van der Waals surface area (Å²) in [5.74, 6) is -0.654. The van der Waals surface area contributed by atoms with E-state index < -0.39 is 10.7 Å². The Bertz CT molecular complexity index is 396. The zero-order valence-corrected chi connectivity index (χ0v) is 9.85. The highest BCUT2D eigenvalue weighted by Crippen LogP contribution is 2.22. The zero-order chi connectivity index (χ0) is 12.8. The van der Waals surface area contributed by atoms with Crippen LogP contribution in [0.25, 0.3) is 0 Å². The molecule has 17 heavy (non-hydrogen) atoms. The number of halogens is 1. The number of benzene rings is 1. The van der Waals surface area contributed by atoms with Crippen LogP contribution in [0.1, 0.15) is 6.42 Å². The lowest BCUT2D eigenvalue weighted by atomic mass is 10.3. The molecule has 5 nitrogen and oxygen atoms in total. The van der Waals surface area contributed by atoms with Crippen LogP contribution in [0.15, 0.2) is 18.2 Å². The van der Waals surface area contributed by atoms with Crippen molar-refractivity contribution in [2.24, 2.45) is 0 Å². The molecule has 0 aliphatic heterocycles. The van der Waals surface area contributed by atoms with Crippen LogP contribution >= 0.6 is 0 Å². The molecule has 0 heterocycles. The van der Waals surface area contributed by atoms with Gasteiger partial charge in [-0.3, -0.25) is 10.1 Å². The molecule has 0 saturated carbocycles. The molecule has 0 amide bonds. The summed E-state index contributed by atoms with van der Waals surface area (Å²) in [6, 6.07) is 3.37. The molecule has 94 valence electrons. The van der Waals surface area contributed by atoms with Gasteiger partial charge >= 0.3 is 0 Å². The van der Waals surface area contributed by atoms with E-state index in [0.29, 0.717) is 6.61 Å². The van der Waals surface area contributed by atoms with E-state index in [9.17, 15) is 14.5 Å². The van der Waals surface area contributed by atoms with Crippen LogP contribution in [0.3, 0.4) is 0 Å². The number of ether oxygens (including phenoxy) is 1. The lowest BCUT2D eigenvalue weighted by Gasteiger charge is -2.10. The highest BCUT2D eigenvalue weighted by Gasteiger charge is 2.11. The van der Waals surface area contributed by atoms with E-state index in [4.69, 9.17) is 4.74 Å². The molecule has 0 radical (unpaired) electrons. The second-order valence-corrected chi connectivity index (χ2v) is 3.88. The number of rotatable bonds is 6. The molecule has 0 fully saturated rings. The van der Waals surface area contributed by atoms with E-state index >= 15 is 0 Å². The van der Waals surface area contributed by atoms with Gasteiger partial charge in [0, 0.05) is 12.6 Å². The smallest absolute Gasteiger partial charge is 0.272 e. The molecule has 0 spiro atoms. The predicted molar refractivity (Wildman–Crippen MR) is 61.7 cm³/mol. The zero-order valence-electron chi connectivity index (χ0n) is 9.85. The van der Waals surface area contributed by atoms with Crippen LogP contribution < -0.4 is 4.74 Å². The van der Waals surface area contributed by atoms with Crippen molar-refractivity contribution in [3.8, 4) is 5.75 Å². The second-order valence-electron chi connectivity index (χ2n) is 3.88. The Hall–Kier alpha value is -1.69. The quantitative estimate of drug-likeness (QED) is 0.435. The Labute approximate surface area is 98.9 Å². The third-order valence-corrected chi connectivity index (χ3v) is 2.13. The summed E-state index contributed by atoms with van der Waals surface area (Å²) in [5, 5.41) is 10.4. The Morgan fingerprint density at radius 1 is 1.47 bits per heavy atom. The van der Waals surface area contributed by atoms with E-state index in [1.54, 1.807) is 0 Å². The maximum absolute atomic E-state index is 13.4. The Morgan fingerprint density at radius 3 is 2.71 bits per heavy atom. The third kappa shape index (κ3) is 4.36. The first-order valence-electron chi connectivity index (χ1n) is 5.22. The van der Waals surface area contributed by atoms with Gasteiger partial charge in [0.05, 0.1) is 17.6 Å². The number of nitro groups is 1. The van der Waals surface area contributed by atoms with Gasteiger partial charge in [-0.15, -0.1) is 0 Å². The number of non-ortho nitro benzene ring substituents is 1. The van der Waals surface area contributed by atoms with E-state index in [1.165, 1.54) is 12.1 Å². The molecule has 0 unspecified atom stereocenters. The van der Waals surface area contributed by atoms with Gasteiger partial charge < -0.3 is 9.64 Å². The number of hydrogen-bond donors (Lipinski definition) is 0. The van der Waals surface area contributed by atoms with Crippen molar-refractivity contribution in [3.05, 3.63) is 34.1 Å². The van der Waals surface area contributed by atoms with Crippen molar-refractivity contribution in [1.29, 1.82) is 0 Å². The Balaban J connectivity index is 2.52. The molecule has 0 N–H and O–H groups in total. The first kappa shape index (κ1) is 13.4. The Morgan fingerprint density at radius 2 is 2.18 bits per heavy atom. The van der Waals surface area contributed by atoms with Crippen molar-refractivity contribution < 1.29 is 14.1 Å². The maximum atomic E-state index is 13.4. The van der Waals surface area contributed by atoms with Crippen molar-refractivity contribution in [2.45, 2.75) is 6.42 Å². The van der Waals surface area contributed by atoms with Gasteiger partial charge in [-0.05, 0) is 26.6 Å². The lowest BCUT2D eigenvalue weighted by Crippen LogP contribution is -2.15. The lowest BCUT2D eigenvalue weighted by molar-refractivity contribution is -0.385. The molecular weight excluding hydrogens is 227 g/mol. The molecular formula is C11H15FN2O3. The monoisotopic (exact) mass is 242 g/mol. The molecule has 0 bridgehead atoms. The molecule has 1 aromatic rings. The fourth-order valence-electron chi connectivity index (χ4n) is 1.28. The summed E-state index contributed by atoms with van der Waals surface area (Å²) >= 11 is 0. The maximum Gasteiger partial charge on any atom is 0.272 e. The standard InChI is InChI=1S/C11H15FN2O3/c1-13(2)6-3-7-17-11-5-4-9(14(15)16)8-10(11)12/h4-5,8H,3,6-7H2,1-2H3. The highest BCUT2D eigenvalue weighted by atomic mass is 19.1. The van der Waals surface area contributed by atoms with Gasteiger partial charge in [0.1, 0.15) is 0 Å².